The van der Waals surface area contributed by atoms with Crippen molar-refractivity contribution in [3.8, 4) is 39.5 Å². The molecule has 0 amide bonds. The highest BCUT2D eigenvalue weighted by Crippen LogP contribution is 2.33. The van der Waals surface area contributed by atoms with Gasteiger partial charge in [-0.2, -0.15) is 0 Å². The third-order valence-corrected chi connectivity index (χ3v) is 4.61. The molecule has 0 fully saturated rings. The molecule has 4 aromatic rings. The maximum Gasteiger partial charge on any atom is 0.361 e. The second-order valence-electron chi connectivity index (χ2n) is 6.54. The van der Waals surface area contributed by atoms with E-state index in [1.54, 1.807) is 7.11 Å². The zero-order chi connectivity index (χ0) is 18.6. The molecule has 0 N–H and O–H groups in total. The monoisotopic (exact) mass is 353 g/mol. The van der Waals surface area contributed by atoms with Gasteiger partial charge in [-0.05, 0) is 48.9 Å². The number of ether oxygens (including phenoxy) is 1. The standard InChI is InChI=1S/C25H21O2/c1-18-8-10-20(11-9-18)24-16-22(19-6-4-3-5-7-19)17-25(27-24)21-12-14-23(26-2)15-13-21/h3-17H,1-2H3/q+1. The summed E-state index contributed by atoms with van der Waals surface area (Å²) in [4.78, 5) is 0. The summed E-state index contributed by atoms with van der Waals surface area (Å²) in [5, 5.41) is 0. The van der Waals surface area contributed by atoms with Crippen LogP contribution < -0.4 is 4.74 Å². The van der Waals surface area contributed by atoms with E-state index in [-0.39, 0.29) is 0 Å². The molecule has 1 heterocycles. The predicted octanol–water partition coefficient (Wildman–Crippen LogP) is 6.88. The Hall–Kier alpha value is -3.39. The average molecular weight is 353 g/mol. The van der Waals surface area contributed by atoms with E-state index in [9.17, 15) is 0 Å². The molecule has 2 heteroatoms. The van der Waals surface area contributed by atoms with Crippen LogP contribution in [0.2, 0.25) is 0 Å². The van der Waals surface area contributed by atoms with Crippen LogP contribution in [0.3, 0.4) is 0 Å². The average Bonchev–Trinajstić information content (AvgIpc) is 2.74. The van der Waals surface area contributed by atoms with Gasteiger partial charge >= 0.3 is 11.5 Å². The molecule has 27 heavy (non-hydrogen) atoms. The number of methoxy groups -OCH3 is 1. The lowest BCUT2D eigenvalue weighted by Crippen LogP contribution is -1.87. The molecule has 0 radical (unpaired) electrons. The molecule has 0 aliphatic carbocycles. The Morgan fingerprint density at radius 1 is 0.593 bits per heavy atom. The Morgan fingerprint density at radius 3 is 1.70 bits per heavy atom. The van der Waals surface area contributed by atoms with E-state index in [0.717, 1.165) is 39.5 Å². The van der Waals surface area contributed by atoms with Crippen molar-refractivity contribution in [1.29, 1.82) is 0 Å². The minimum absolute atomic E-state index is 0.828. The van der Waals surface area contributed by atoms with Crippen molar-refractivity contribution >= 4 is 0 Å². The highest BCUT2D eigenvalue weighted by atomic mass is 16.5. The van der Waals surface area contributed by atoms with Gasteiger partial charge in [0.05, 0.1) is 30.4 Å². The molecule has 0 bridgehead atoms. The van der Waals surface area contributed by atoms with Gasteiger partial charge in [-0.3, -0.25) is 0 Å². The topological polar surface area (TPSA) is 20.5 Å². The van der Waals surface area contributed by atoms with Crippen LogP contribution >= 0.6 is 0 Å². The number of hydrogen-bond donors (Lipinski definition) is 0. The zero-order valence-electron chi connectivity index (χ0n) is 15.5. The van der Waals surface area contributed by atoms with Crippen LogP contribution in [0.4, 0.5) is 0 Å². The van der Waals surface area contributed by atoms with Gasteiger partial charge in [0, 0.05) is 5.56 Å². The molecule has 0 saturated heterocycles. The fourth-order valence-corrected chi connectivity index (χ4v) is 3.06. The number of hydrogen-bond acceptors (Lipinski definition) is 1. The van der Waals surface area contributed by atoms with Crippen LogP contribution in [0, 0.1) is 6.92 Å². The van der Waals surface area contributed by atoms with Crippen molar-refractivity contribution in [3.63, 3.8) is 0 Å². The predicted molar refractivity (Wildman–Crippen MR) is 111 cm³/mol. The lowest BCUT2D eigenvalue weighted by molar-refractivity contribution is 0.415. The summed E-state index contributed by atoms with van der Waals surface area (Å²) in [6.07, 6.45) is 0. The summed E-state index contributed by atoms with van der Waals surface area (Å²) in [7, 11) is 1.67. The van der Waals surface area contributed by atoms with E-state index in [2.05, 4.69) is 67.6 Å². The van der Waals surface area contributed by atoms with Crippen LogP contribution in [0.25, 0.3) is 33.8 Å². The van der Waals surface area contributed by atoms with Crippen molar-refractivity contribution in [3.05, 3.63) is 96.6 Å². The summed E-state index contributed by atoms with van der Waals surface area (Å²) in [5.74, 6) is 2.51. The van der Waals surface area contributed by atoms with Gasteiger partial charge in [0.15, 0.2) is 0 Å². The maximum absolute atomic E-state index is 6.28. The molecular formula is C25H21O2+. The summed E-state index contributed by atoms with van der Waals surface area (Å²) in [5.41, 5.74) is 5.60. The van der Waals surface area contributed by atoms with E-state index >= 15 is 0 Å². The van der Waals surface area contributed by atoms with Gasteiger partial charge in [-0.25, -0.2) is 4.42 Å². The van der Waals surface area contributed by atoms with Crippen molar-refractivity contribution in [2.24, 2.45) is 0 Å². The molecule has 0 aliphatic heterocycles. The summed E-state index contributed by atoms with van der Waals surface area (Å²) >= 11 is 0. The van der Waals surface area contributed by atoms with E-state index < -0.39 is 0 Å². The van der Waals surface area contributed by atoms with E-state index in [4.69, 9.17) is 9.15 Å². The summed E-state index contributed by atoms with van der Waals surface area (Å²) in [6.45, 7) is 2.09. The highest BCUT2D eigenvalue weighted by Gasteiger charge is 2.20. The Labute approximate surface area is 159 Å². The quantitative estimate of drug-likeness (QED) is 0.373. The molecule has 1 aromatic heterocycles. The van der Waals surface area contributed by atoms with Crippen molar-refractivity contribution in [1.82, 2.24) is 0 Å². The van der Waals surface area contributed by atoms with Crippen LogP contribution in [0.15, 0.2) is 95.4 Å². The summed E-state index contributed by atoms with van der Waals surface area (Å²) in [6, 6.07) is 30.9. The molecule has 132 valence electrons. The van der Waals surface area contributed by atoms with E-state index in [1.807, 2.05) is 30.3 Å². The molecule has 0 saturated carbocycles. The minimum Gasteiger partial charge on any atom is -0.497 e. The first kappa shape index (κ1) is 17.0. The SMILES string of the molecule is COc1ccc(-c2cc(-c3ccccc3)cc(-c3ccc(C)cc3)[o+]2)cc1. The fourth-order valence-electron chi connectivity index (χ4n) is 3.06. The van der Waals surface area contributed by atoms with Gasteiger partial charge in [-0.1, -0.05) is 48.0 Å². The van der Waals surface area contributed by atoms with Gasteiger partial charge in [-0.15, -0.1) is 0 Å². The largest absolute Gasteiger partial charge is 0.497 e. The normalized spacial score (nSPS) is 10.6. The Kier molecular flexibility index (Phi) is 4.71. The van der Waals surface area contributed by atoms with Gasteiger partial charge in [0.25, 0.3) is 0 Å². The second kappa shape index (κ2) is 7.46. The smallest absolute Gasteiger partial charge is 0.361 e. The van der Waals surface area contributed by atoms with Crippen molar-refractivity contribution in [2.75, 3.05) is 7.11 Å². The van der Waals surface area contributed by atoms with Crippen LogP contribution in [-0.2, 0) is 0 Å². The number of benzene rings is 3. The van der Waals surface area contributed by atoms with Gasteiger partial charge in [0.2, 0.25) is 0 Å². The third-order valence-electron chi connectivity index (χ3n) is 4.61. The van der Waals surface area contributed by atoms with Gasteiger partial charge < -0.3 is 4.74 Å². The van der Waals surface area contributed by atoms with Crippen molar-refractivity contribution < 1.29 is 9.15 Å². The minimum atomic E-state index is 0.828. The molecule has 0 spiro atoms. The first-order chi connectivity index (χ1) is 13.2. The summed E-state index contributed by atoms with van der Waals surface area (Å²) < 4.78 is 11.6. The molecule has 0 atom stereocenters. The van der Waals surface area contributed by atoms with E-state index in [0.29, 0.717) is 0 Å². The molecule has 0 aliphatic rings. The Balaban J connectivity index is 1.87. The molecule has 0 unspecified atom stereocenters. The van der Waals surface area contributed by atoms with Crippen LogP contribution in [0.1, 0.15) is 5.56 Å². The zero-order valence-corrected chi connectivity index (χ0v) is 15.5. The molecule has 4 rings (SSSR count). The first-order valence-corrected chi connectivity index (χ1v) is 8.98. The molecular weight excluding hydrogens is 332 g/mol. The van der Waals surface area contributed by atoms with E-state index in [1.165, 1.54) is 5.56 Å². The van der Waals surface area contributed by atoms with Crippen LogP contribution in [0.5, 0.6) is 5.75 Å². The fraction of sp³-hybridized carbons (Fsp3) is 0.0800. The molecule has 3 aromatic carbocycles. The second-order valence-corrected chi connectivity index (χ2v) is 6.54. The maximum atomic E-state index is 6.28. The molecule has 2 nitrogen and oxygen atoms in total. The van der Waals surface area contributed by atoms with Crippen molar-refractivity contribution in [2.45, 2.75) is 6.92 Å². The Morgan fingerprint density at radius 2 is 1.15 bits per heavy atom. The lowest BCUT2D eigenvalue weighted by atomic mass is 10.0. The van der Waals surface area contributed by atoms with Gasteiger partial charge in [0.1, 0.15) is 5.75 Å². The third kappa shape index (κ3) is 3.75. The first-order valence-electron chi connectivity index (χ1n) is 8.98. The Bertz CT molecular complexity index is 1030. The number of aryl methyl sites for hydroxylation is 1. The van der Waals surface area contributed by atoms with Crippen LogP contribution in [-0.4, -0.2) is 7.11 Å². The number of rotatable bonds is 4. The highest BCUT2D eigenvalue weighted by molar-refractivity contribution is 5.74. The lowest BCUT2D eigenvalue weighted by Gasteiger charge is -2.03.